The number of carbonyl (C=O) groups excluding carboxylic acids is 1. The van der Waals surface area contributed by atoms with Gasteiger partial charge < -0.3 is 9.53 Å². The molecule has 0 amide bonds. The predicted molar refractivity (Wildman–Crippen MR) is 31.7 cm³/mol. The average molecular weight is 114 g/mol. The minimum Gasteiger partial charge on any atom is -0.377 e. The second kappa shape index (κ2) is 4.53. The molecule has 1 unspecified atom stereocenters. The van der Waals surface area contributed by atoms with Gasteiger partial charge in [0.25, 0.3) is 0 Å². The molecule has 0 fully saturated rings. The number of ether oxygens (including phenoxy) is 1. The van der Waals surface area contributed by atoms with Crippen LogP contribution in [0, 0.1) is 0 Å². The summed E-state index contributed by atoms with van der Waals surface area (Å²) in [4.78, 5) is 9.81. The van der Waals surface area contributed by atoms with E-state index in [1.54, 1.807) is 13.2 Å². The Morgan fingerprint density at radius 3 is 2.62 bits per heavy atom. The third-order valence-electron chi connectivity index (χ3n) is 0.894. The van der Waals surface area contributed by atoms with Gasteiger partial charge in [0.05, 0.1) is 6.10 Å². The summed E-state index contributed by atoms with van der Waals surface area (Å²) < 4.78 is 4.79. The van der Waals surface area contributed by atoms with Gasteiger partial charge in [-0.25, -0.2) is 0 Å². The molecule has 0 aromatic carbocycles. The van der Waals surface area contributed by atoms with Gasteiger partial charge in [0.2, 0.25) is 0 Å². The molecule has 0 aliphatic heterocycles. The largest absolute Gasteiger partial charge is 0.377 e. The summed E-state index contributed by atoms with van der Waals surface area (Å²) in [5, 5.41) is 0. The Morgan fingerprint density at radius 1 is 1.88 bits per heavy atom. The molecule has 0 rings (SSSR count). The molecule has 0 bridgehead atoms. The molecule has 0 radical (unpaired) electrons. The van der Waals surface area contributed by atoms with Crippen LogP contribution in [0.4, 0.5) is 0 Å². The van der Waals surface area contributed by atoms with Gasteiger partial charge in [0, 0.05) is 13.5 Å². The van der Waals surface area contributed by atoms with Crippen LogP contribution in [0.5, 0.6) is 0 Å². The van der Waals surface area contributed by atoms with E-state index in [1.807, 2.05) is 0 Å². The van der Waals surface area contributed by atoms with Crippen LogP contribution in [0.25, 0.3) is 0 Å². The minimum absolute atomic E-state index is 0.104. The molecule has 2 heteroatoms. The number of carbonyl (C=O) groups is 1. The van der Waals surface area contributed by atoms with Crippen molar-refractivity contribution >= 4 is 6.29 Å². The molecule has 0 N–H and O–H groups in total. The summed E-state index contributed by atoms with van der Waals surface area (Å²) in [5.41, 5.74) is 0. The minimum atomic E-state index is -0.104. The monoisotopic (exact) mass is 114 g/mol. The highest BCUT2D eigenvalue weighted by Crippen LogP contribution is 1.92. The van der Waals surface area contributed by atoms with E-state index in [9.17, 15) is 4.79 Å². The van der Waals surface area contributed by atoms with Crippen LogP contribution in [-0.4, -0.2) is 19.5 Å². The van der Waals surface area contributed by atoms with Crippen molar-refractivity contribution < 1.29 is 9.53 Å². The molecular weight excluding hydrogens is 104 g/mol. The average Bonchev–Trinajstić information content (AvgIpc) is 1.83. The van der Waals surface area contributed by atoms with Crippen molar-refractivity contribution in [3.8, 4) is 0 Å². The van der Waals surface area contributed by atoms with E-state index in [2.05, 4.69) is 6.58 Å². The van der Waals surface area contributed by atoms with Gasteiger partial charge in [-0.1, -0.05) is 6.08 Å². The van der Waals surface area contributed by atoms with E-state index >= 15 is 0 Å². The lowest BCUT2D eigenvalue weighted by Crippen LogP contribution is -2.05. The van der Waals surface area contributed by atoms with Gasteiger partial charge in [0.15, 0.2) is 0 Å². The smallest absolute Gasteiger partial charge is 0.122 e. The Kier molecular flexibility index (Phi) is 4.17. The van der Waals surface area contributed by atoms with Gasteiger partial charge in [-0.3, -0.25) is 0 Å². The lowest BCUT2D eigenvalue weighted by atomic mass is 10.3. The van der Waals surface area contributed by atoms with Gasteiger partial charge in [0.1, 0.15) is 6.29 Å². The van der Waals surface area contributed by atoms with E-state index in [1.165, 1.54) is 0 Å². The van der Waals surface area contributed by atoms with Crippen LogP contribution in [-0.2, 0) is 9.53 Å². The standard InChI is InChI=1S/C6H10O2/c1-3-6(8-2)4-5-7/h3,5-6H,1,4H2,2H3. The van der Waals surface area contributed by atoms with E-state index in [0.29, 0.717) is 6.42 Å². The molecule has 0 aromatic rings. The van der Waals surface area contributed by atoms with Crippen LogP contribution in [0.2, 0.25) is 0 Å². The number of hydrogen-bond acceptors (Lipinski definition) is 2. The Bertz CT molecular complexity index is 78.6. The van der Waals surface area contributed by atoms with Crippen LogP contribution in [0.1, 0.15) is 6.42 Å². The maximum Gasteiger partial charge on any atom is 0.122 e. The van der Waals surface area contributed by atoms with E-state index < -0.39 is 0 Å². The second-order valence-corrected chi connectivity index (χ2v) is 1.41. The number of methoxy groups -OCH3 is 1. The molecule has 0 spiro atoms. The molecule has 1 atom stereocenters. The van der Waals surface area contributed by atoms with Crippen LogP contribution < -0.4 is 0 Å². The van der Waals surface area contributed by atoms with Crippen molar-refractivity contribution in [2.45, 2.75) is 12.5 Å². The summed E-state index contributed by atoms with van der Waals surface area (Å²) >= 11 is 0. The van der Waals surface area contributed by atoms with Gasteiger partial charge in [-0.15, -0.1) is 6.58 Å². The second-order valence-electron chi connectivity index (χ2n) is 1.41. The number of aldehydes is 1. The maximum atomic E-state index is 9.81. The zero-order chi connectivity index (χ0) is 6.41. The molecule has 0 aliphatic carbocycles. The number of rotatable bonds is 4. The first-order valence-corrected chi connectivity index (χ1v) is 2.44. The Labute approximate surface area is 49.1 Å². The van der Waals surface area contributed by atoms with E-state index in [-0.39, 0.29) is 6.10 Å². The third kappa shape index (κ3) is 2.53. The fourth-order valence-corrected chi connectivity index (χ4v) is 0.384. The Hall–Kier alpha value is -0.630. The maximum absolute atomic E-state index is 9.81. The molecule has 0 saturated carbocycles. The normalized spacial score (nSPS) is 12.6. The first kappa shape index (κ1) is 7.37. The Morgan fingerprint density at radius 2 is 2.50 bits per heavy atom. The summed E-state index contributed by atoms with van der Waals surface area (Å²) in [6.45, 7) is 3.47. The highest BCUT2D eigenvalue weighted by Gasteiger charge is 1.96. The van der Waals surface area contributed by atoms with E-state index in [0.717, 1.165) is 6.29 Å². The lowest BCUT2D eigenvalue weighted by molar-refractivity contribution is -0.109. The highest BCUT2D eigenvalue weighted by molar-refractivity contribution is 5.50. The molecule has 0 aromatic heterocycles. The van der Waals surface area contributed by atoms with Gasteiger partial charge >= 0.3 is 0 Å². The molecule has 8 heavy (non-hydrogen) atoms. The SMILES string of the molecule is C=CC(CC=O)OC. The zero-order valence-electron chi connectivity index (χ0n) is 4.96. The van der Waals surface area contributed by atoms with E-state index in [4.69, 9.17) is 4.74 Å². The van der Waals surface area contributed by atoms with Crippen LogP contribution in [0.15, 0.2) is 12.7 Å². The van der Waals surface area contributed by atoms with Crippen LogP contribution >= 0.6 is 0 Å². The van der Waals surface area contributed by atoms with Gasteiger partial charge in [-0.05, 0) is 0 Å². The van der Waals surface area contributed by atoms with Crippen molar-refractivity contribution in [1.82, 2.24) is 0 Å². The first-order chi connectivity index (χ1) is 3.85. The van der Waals surface area contributed by atoms with Crippen LogP contribution in [0.3, 0.4) is 0 Å². The first-order valence-electron chi connectivity index (χ1n) is 2.44. The zero-order valence-corrected chi connectivity index (χ0v) is 4.96. The highest BCUT2D eigenvalue weighted by atomic mass is 16.5. The summed E-state index contributed by atoms with van der Waals surface area (Å²) in [5.74, 6) is 0. The lowest BCUT2D eigenvalue weighted by Gasteiger charge is -2.02. The molecule has 0 aliphatic rings. The Balaban J connectivity index is 3.35. The third-order valence-corrected chi connectivity index (χ3v) is 0.894. The van der Waals surface area contributed by atoms with Gasteiger partial charge in [-0.2, -0.15) is 0 Å². The molecule has 2 nitrogen and oxygen atoms in total. The fraction of sp³-hybridized carbons (Fsp3) is 0.500. The predicted octanol–water partition coefficient (Wildman–Crippen LogP) is 0.776. The van der Waals surface area contributed by atoms with Crippen molar-refractivity contribution in [2.75, 3.05) is 7.11 Å². The van der Waals surface area contributed by atoms with Crippen molar-refractivity contribution in [3.05, 3.63) is 12.7 Å². The summed E-state index contributed by atoms with van der Waals surface area (Å²) in [6, 6.07) is 0. The van der Waals surface area contributed by atoms with Crippen molar-refractivity contribution in [1.29, 1.82) is 0 Å². The molecule has 46 valence electrons. The molecule has 0 saturated heterocycles. The topological polar surface area (TPSA) is 26.3 Å². The van der Waals surface area contributed by atoms with Crippen molar-refractivity contribution in [2.24, 2.45) is 0 Å². The summed E-state index contributed by atoms with van der Waals surface area (Å²) in [7, 11) is 1.55. The van der Waals surface area contributed by atoms with Crippen molar-refractivity contribution in [3.63, 3.8) is 0 Å². The molecular formula is C6H10O2. The molecule has 0 heterocycles. The fourth-order valence-electron chi connectivity index (χ4n) is 0.384. The summed E-state index contributed by atoms with van der Waals surface area (Å²) in [6.07, 6.45) is 2.72. The quantitative estimate of drug-likeness (QED) is 0.398. The number of hydrogen-bond donors (Lipinski definition) is 0.